The van der Waals surface area contributed by atoms with Gasteiger partial charge in [0.1, 0.15) is 5.79 Å². The minimum absolute atomic E-state index is 0.176. The van der Waals surface area contributed by atoms with Gasteiger partial charge in [-0.2, -0.15) is 0 Å². The number of hydrogen-bond acceptors (Lipinski definition) is 6. The third kappa shape index (κ3) is 9.98. The molecule has 0 aliphatic carbocycles. The molecule has 0 aromatic rings. The van der Waals surface area contributed by atoms with E-state index in [0.717, 1.165) is 0 Å². The predicted octanol–water partition coefficient (Wildman–Crippen LogP) is -2.09. The van der Waals surface area contributed by atoms with Crippen molar-refractivity contribution < 1.29 is 14.8 Å². The van der Waals surface area contributed by atoms with Crippen LogP contribution < -0.4 is 17.2 Å². The van der Waals surface area contributed by atoms with E-state index in [1.165, 1.54) is 0 Å². The molecule has 0 heterocycles. The van der Waals surface area contributed by atoms with E-state index in [1.54, 1.807) is 0 Å². The average Bonchev–Trinajstić information content (AvgIpc) is 1.85. The molecule has 6 nitrogen and oxygen atoms in total. The molecular formula is C4H12N3O3Si. The summed E-state index contributed by atoms with van der Waals surface area (Å²) in [4.78, 5) is 8.77. The average molecular weight is 178 g/mol. The summed E-state index contributed by atoms with van der Waals surface area (Å²) in [6.07, 6.45) is 0.497. The van der Waals surface area contributed by atoms with Gasteiger partial charge in [-0.3, -0.25) is 0 Å². The molecule has 0 spiro atoms. The fraction of sp³-hybridized carbons (Fsp3) is 1.00. The molecule has 11 heavy (non-hydrogen) atoms. The summed E-state index contributed by atoms with van der Waals surface area (Å²) in [6, 6.07) is 0. The standard InChI is InChI=1S/C4H12N3O3Si/c5-4(6,7)1-2-8-10-9-3-11/h1-3,5-7H2. The molecule has 0 atom stereocenters. The maximum atomic E-state index is 5.22. The second kappa shape index (κ2) is 5.60. The molecule has 0 aromatic carbocycles. The van der Waals surface area contributed by atoms with Crippen LogP contribution in [-0.2, 0) is 14.8 Å². The van der Waals surface area contributed by atoms with Gasteiger partial charge in [0, 0.05) is 6.42 Å². The van der Waals surface area contributed by atoms with E-state index in [-0.39, 0.29) is 19.3 Å². The van der Waals surface area contributed by atoms with Gasteiger partial charge in [-0.25, -0.2) is 9.78 Å². The van der Waals surface area contributed by atoms with Crippen molar-refractivity contribution in [3.05, 3.63) is 0 Å². The molecule has 0 saturated heterocycles. The molecule has 0 aliphatic heterocycles. The largest absolute Gasteiger partial charge is 0.301 e. The van der Waals surface area contributed by atoms with Crippen LogP contribution in [0.4, 0.5) is 0 Å². The van der Waals surface area contributed by atoms with Crippen molar-refractivity contribution in [2.75, 3.05) is 12.8 Å². The Balaban J connectivity index is 3.02. The fourth-order valence-corrected chi connectivity index (χ4v) is 0.359. The summed E-state index contributed by atoms with van der Waals surface area (Å²) in [7, 11) is 2.98. The van der Waals surface area contributed by atoms with Crippen LogP contribution in [0.2, 0.25) is 0 Å². The Morgan fingerprint density at radius 3 is 2.27 bits per heavy atom. The van der Waals surface area contributed by atoms with E-state index < -0.39 is 5.79 Å². The first-order valence-electron chi connectivity index (χ1n) is 2.98. The molecule has 7 heteroatoms. The topological polar surface area (TPSA) is 106 Å². The Hall–Kier alpha value is -0.0231. The number of nitrogens with two attached hydrogens (primary N) is 3. The molecule has 0 unspecified atom stereocenters. The smallest absolute Gasteiger partial charge is 0.118 e. The highest BCUT2D eigenvalue weighted by Gasteiger charge is 2.10. The Morgan fingerprint density at radius 2 is 1.82 bits per heavy atom. The van der Waals surface area contributed by atoms with Crippen LogP contribution in [-0.4, -0.2) is 28.9 Å². The van der Waals surface area contributed by atoms with E-state index in [1.807, 2.05) is 0 Å². The first-order valence-corrected chi connectivity index (χ1v) is 3.69. The molecule has 6 N–H and O–H groups in total. The molecule has 65 valence electrons. The van der Waals surface area contributed by atoms with E-state index >= 15 is 0 Å². The molecule has 0 rings (SSSR count). The van der Waals surface area contributed by atoms with Crippen LogP contribution >= 0.6 is 0 Å². The highest BCUT2D eigenvalue weighted by atomic mass is 28.1. The summed E-state index contributed by atoms with van der Waals surface area (Å²) in [5.41, 5.74) is 15.7. The Labute approximate surface area is 68.2 Å². The summed E-state index contributed by atoms with van der Waals surface area (Å²) in [5.74, 6) is -1.22. The number of hydrogen-bond donors (Lipinski definition) is 3. The van der Waals surface area contributed by atoms with Crippen molar-refractivity contribution in [2.45, 2.75) is 12.2 Å². The van der Waals surface area contributed by atoms with Gasteiger partial charge in [0.2, 0.25) is 0 Å². The maximum absolute atomic E-state index is 5.22. The third-order valence-electron chi connectivity index (χ3n) is 0.774. The lowest BCUT2D eigenvalue weighted by Gasteiger charge is -2.16. The third-order valence-corrected chi connectivity index (χ3v) is 0.891. The normalized spacial score (nSPS) is 12.0. The van der Waals surface area contributed by atoms with Crippen LogP contribution in [0.15, 0.2) is 0 Å². The minimum atomic E-state index is -1.22. The van der Waals surface area contributed by atoms with Crippen molar-refractivity contribution >= 4 is 10.2 Å². The highest BCUT2D eigenvalue weighted by molar-refractivity contribution is 6.08. The van der Waals surface area contributed by atoms with Crippen LogP contribution in [0, 0.1) is 0 Å². The fourth-order valence-electron chi connectivity index (χ4n) is 0.311. The quantitative estimate of drug-likeness (QED) is 0.142. The lowest BCUT2D eigenvalue weighted by molar-refractivity contribution is -0.506. The van der Waals surface area contributed by atoms with Crippen LogP contribution in [0.3, 0.4) is 0 Å². The summed E-state index contributed by atoms with van der Waals surface area (Å²) >= 11 is 0. The van der Waals surface area contributed by atoms with E-state index in [9.17, 15) is 0 Å². The van der Waals surface area contributed by atoms with Crippen molar-refractivity contribution in [3.8, 4) is 0 Å². The summed E-state index contributed by atoms with van der Waals surface area (Å²) in [5, 5.41) is 4.16. The van der Waals surface area contributed by atoms with Crippen LogP contribution in [0.5, 0.6) is 0 Å². The number of rotatable bonds is 6. The molecule has 0 bridgehead atoms. The molecule has 0 amide bonds. The Bertz CT molecular complexity index is 97.1. The SMILES string of the molecule is NC(N)(N)CCOOOC[Si]. The van der Waals surface area contributed by atoms with Crippen LogP contribution in [0.25, 0.3) is 0 Å². The van der Waals surface area contributed by atoms with E-state index in [2.05, 4.69) is 25.1 Å². The van der Waals surface area contributed by atoms with Gasteiger partial charge < -0.3 is 17.2 Å². The summed E-state index contributed by atoms with van der Waals surface area (Å²) in [6.45, 7) is 0.176. The van der Waals surface area contributed by atoms with E-state index in [0.29, 0.717) is 0 Å². The molecule has 0 aromatic heterocycles. The van der Waals surface area contributed by atoms with Crippen LogP contribution in [0.1, 0.15) is 6.42 Å². The molecular weight excluding hydrogens is 166 g/mol. The Morgan fingerprint density at radius 1 is 1.18 bits per heavy atom. The van der Waals surface area contributed by atoms with Crippen molar-refractivity contribution in [1.82, 2.24) is 0 Å². The zero-order valence-electron chi connectivity index (χ0n) is 6.08. The molecule has 3 radical (unpaired) electrons. The maximum Gasteiger partial charge on any atom is 0.118 e. The molecule has 0 fully saturated rings. The van der Waals surface area contributed by atoms with Gasteiger partial charge in [-0.05, 0) is 0 Å². The minimum Gasteiger partial charge on any atom is -0.301 e. The predicted molar refractivity (Wildman–Crippen MR) is 38.7 cm³/mol. The zero-order valence-corrected chi connectivity index (χ0v) is 7.08. The van der Waals surface area contributed by atoms with Gasteiger partial charge in [0.25, 0.3) is 0 Å². The first-order chi connectivity index (χ1) is 5.06. The second-order valence-electron chi connectivity index (χ2n) is 2.01. The highest BCUT2D eigenvalue weighted by Crippen LogP contribution is 1.90. The van der Waals surface area contributed by atoms with Gasteiger partial charge in [0.05, 0.1) is 23.1 Å². The van der Waals surface area contributed by atoms with Gasteiger partial charge in [0.15, 0.2) is 0 Å². The monoisotopic (exact) mass is 178 g/mol. The molecule has 0 saturated carbocycles. The second-order valence-corrected chi connectivity index (χ2v) is 2.30. The molecule has 0 aliphatic rings. The van der Waals surface area contributed by atoms with Crippen molar-refractivity contribution in [1.29, 1.82) is 0 Å². The lowest BCUT2D eigenvalue weighted by Crippen LogP contribution is -2.58. The Kier molecular flexibility index (Phi) is 5.59. The lowest BCUT2D eigenvalue weighted by atomic mass is 10.3. The van der Waals surface area contributed by atoms with Crippen molar-refractivity contribution in [2.24, 2.45) is 17.2 Å². The van der Waals surface area contributed by atoms with Crippen molar-refractivity contribution in [3.63, 3.8) is 0 Å². The van der Waals surface area contributed by atoms with Gasteiger partial charge >= 0.3 is 0 Å². The van der Waals surface area contributed by atoms with E-state index in [4.69, 9.17) is 17.2 Å². The van der Waals surface area contributed by atoms with Gasteiger partial charge in [-0.1, -0.05) is 5.04 Å². The first kappa shape index (κ1) is 11.0. The van der Waals surface area contributed by atoms with Gasteiger partial charge in [-0.15, -0.1) is 0 Å². The summed E-state index contributed by atoms with van der Waals surface area (Å²) < 4.78 is 0. The zero-order chi connectivity index (χ0) is 8.74.